The highest BCUT2D eigenvalue weighted by Gasteiger charge is 2.17. The first-order chi connectivity index (χ1) is 7.19. The molecule has 0 saturated carbocycles. The predicted octanol–water partition coefficient (Wildman–Crippen LogP) is 0.609. The van der Waals surface area contributed by atoms with Crippen LogP contribution in [0.4, 0.5) is 0 Å². The van der Waals surface area contributed by atoms with Crippen molar-refractivity contribution in [2.24, 2.45) is 7.05 Å². The Hall–Kier alpha value is -1.96. The number of nitrogens with zero attached hydrogens (tertiary/aromatic N) is 2. The van der Waals surface area contributed by atoms with Crippen molar-refractivity contribution in [1.29, 1.82) is 0 Å². The highest BCUT2D eigenvalue weighted by atomic mass is 16.5. The zero-order valence-electron chi connectivity index (χ0n) is 8.69. The van der Waals surface area contributed by atoms with Crippen LogP contribution in [0.5, 0.6) is 5.88 Å². The molecule has 0 radical (unpaired) electrons. The lowest BCUT2D eigenvalue weighted by atomic mass is 10.3. The van der Waals surface area contributed by atoms with Gasteiger partial charge in [-0.1, -0.05) is 5.92 Å². The van der Waals surface area contributed by atoms with Crippen molar-refractivity contribution >= 4 is 5.97 Å². The molecule has 0 aliphatic heterocycles. The van der Waals surface area contributed by atoms with Crippen LogP contribution < -0.4 is 4.74 Å². The summed E-state index contributed by atoms with van der Waals surface area (Å²) in [4.78, 5) is 11.4. The molecule has 0 atom stereocenters. The number of carbonyl (C=O) groups excluding carboxylic acids is 1. The number of esters is 1. The molecule has 5 heteroatoms. The molecule has 0 bridgehead atoms. The molecule has 0 aliphatic rings. The monoisotopic (exact) mass is 208 g/mol. The third-order valence-corrected chi connectivity index (χ3v) is 1.58. The van der Waals surface area contributed by atoms with Gasteiger partial charge in [-0.05, 0) is 6.92 Å². The smallest absolute Gasteiger partial charge is 0.345 e. The normalized spacial score (nSPS) is 9.40. The zero-order chi connectivity index (χ0) is 11.3. The predicted molar refractivity (Wildman–Crippen MR) is 53.5 cm³/mol. The van der Waals surface area contributed by atoms with E-state index in [1.54, 1.807) is 14.0 Å². The second-order valence-electron chi connectivity index (χ2n) is 2.73. The van der Waals surface area contributed by atoms with Gasteiger partial charge in [0.2, 0.25) is 5.88 Å². The van der Waals surface area contributed by atoms with Gasteiger partial charge in [-0.2, -0.15) is 0 Å². The molecule has 0 aliphatic carbocycles. The van der Waals surface area contributed by atoms with E-state index in [1.807, 2.05) is 0 Å². The Bertz CT molecular complexity index is 390. The van der Waals surface area contributed by atoms with Crippen LogP contribution >= 0.6 is 0 Å². The van der Waals surface area contributed by atoms with Gasteiger partial charge in [-0.25, -0.2) is 4.79 Å². The molecular weight excluding hydrogens is 196 g/mol. The molecular formula is C10H12N2O3. The number of rotatable bonds is 4. The minimum atomic E-state index is -0.461. The van der Waals surface area contributed by atoms with Crippen LogP contribution in [-0.2, 0) is 11.8 Å². The van der Waals surface area contributed by atoms with Crippen LogP contribution in [0.1, 0.15) is 17.3 Å². The van der Waals surface area contributed by atoms with E-state index in [9.17, 15) is 4.79 Å². The van der Waals surface area contributed by atoms with E-state index in [0.29, 0.717) is 6.61 Å². The number of aromatic nitrogens is 2. The largest absolute Gasteiger partial charge is 0.463 e. The number of hydrogen-bond donors (Lipinski definition) is 0. The third kappa shape index (κ3) is 2.74. The topological polar surface area (TPSA) is 53.4 Å². The van der Waals surface area contributed by atoms with Crippen molar-refractivity contribution in [1.82, 2.24) is 9.78 Å². The lowest BCUT2D eigenvalue weighted by Gasteiger charge is -2.01. The van der Waals surface area contributed by atoms with Crippen molar-refractivity contribution < 1.29 is 14.3 Å². The van der Waals surface area contributed by atoms with Crippen molar-refractivity contribution in [2.75, 3.05) is 13.2 Å². The van der Waals surface area contributed by atoms with Gasteiger partial charge in [0.15, 0.2) is 6.61 Å². The van der Waals surface area contributed by atoms with E-state index < -0.39 is 5.97 Å². The molecule has 0 fully saturated rings. The van der Waals surface area contributed by atoms with Crippen LogP contribution in [0.2, 0.25) is 0 Å². The molecule has 0 saturated heterocycles. The Labute approximate surface area is 88.0 Å². The summed E-state index contributed by atoms with van der Waals surface area (Å²) >= 11 is 0. The molecule has 0 unspecified atom stereocenters. The molecule has 1 rings (SSSR count). The first kappa shape index (κ1) is 11.1. The van der Waals surface area contributed by atoms with Gasteiger partial charge in [0, 0.05) is 13.2 Å². The molecule has 5 nitrogen and oxygen atoms in total. The molecule has 0 spiro atoms. The highest BCUT2D eigenvalue weighted by molar-refractivity contribution is 5.91. The maximum absolute atomic E-state index is 11.4. The first-order valence-electron chi connectivity index (χ1n) is 4.46. The van der Waals surface area contributed by atoms with Gasteiger partial charge in [0.05, 0.1) is 6.61 Å². The molecule has 15 heavy (non-hydrogen) atoms. The van der Waals surface area contributed by atoms with Gasteiger partial charge in [0.25, 0.3) is 0 Å². The summed E-state index contributed by atoms with van der Waals surface area (Å²) in [6, 6.07) is 0. The van der Waals surface area contributed by atoms with Gasteiger partial charge in [-0.15, -0.1) is 11.5 Å². The minimum Gasteiger partial charge on any atom is -0.463 e. The summed E-state index contributed by atoms with van der Waals surface area (Å²) < 4.78 is 11.4. The third-order valence-electron chi connectivity index (χ3n) is 1.58. The van der Waals surface area contributed by atoms with Gasteiger partial charge in [-0.3, -0.25) is 4.68 Å². The lowest BCUT2D eigenvalue weighted by Crippen LogP contribution is -2.06. The van der Waals surface area contributed by atoms with E-state index in [-0.39, 0.29) is 18.1 Å². The molecule has 1 heterocycles. The van der Waals surface area contributed by atoms with Gasteiger partial charge >= 0.3 is 5.97 Å². The van der Waals surface area contributed by atoms with E-state index in [4.69, 9.17) is 15.9 Å². The van der Waals surface area contributed by atoms with Crippen molar-refractivity contribution in [3.05, 3.63) is 11.8 Å². The van der Waals surface area contributed by atoms with E-state index in [0.717, 1.165) is 0 Å². The maximum Gasteiger partial charge on any atom is 0.345 e. The fourth-order valence-corrected chi connectivity index (χ4v) is 1.03. The molecule has 0 aromatic carbocycles. The Morgan fingerprint density at radius 3 is 3.07 bits per heavy atom. The SMILES string of the molecule is C#CCOc1nn(C)cc1C(=O)OCC. The van der Waals surface area contributed by atoms with Gasteiger partial charge < -0.3 is 9.47 Å². The Balaban J connectivity index is 2.86. The van der Waals surface area contributed by atoms with Crippen molar-refractivity contribution in [3.63, 3.8) is 0 Å². The molecule has 1 aromatic heterocycles. The van der Waals surface area contributed by atoms with Gasteiger partial charge in [0.1, 0.15) is 5.56 Å². The molecule has 0 amide bonds. The van der Waals surface area contributed by atoms with Crippen LogP contribution in [-0.4, -0.2) is 29.0 Å². The van der Waals surface area contributed by atoms with E-state index in [2.05, 4.69) is 11.0 Å². The average molecular weight is 208 g/mol. The fraction of sp³-hybridized carbons (Fsp3) is 0.400. The summed E-state index contributed by atoms with van der Waals surface area (Å²) in [5, 5.41) is 3.95. The van der Waals surface area contributed by atoms with Crippen LogP contribution in [0.15, 0.2) is 6.20 Å². The summed E-state index contributed by atoms with van der Waals surface area (Å²) in [6.45, 7) is 2.11. The fourth-order valence-electron chi connectivity index (χ4n) is 1.03. The Morgan fingerprint density at radius 2 is 2.47 bits per heavy atom. The van der Waals surface area contributed by atoms with Crippen molar-refractivity contribution in [3.8, 4) is 18.2 Å². The standard InChI is InChI=1S/C10H12N2O3/c1-4-6-15-9-8(7-12(3)11-9)10(13)14-5-2/h1,7H,5-6H2,2-3H3. The highest BCUT2D eigenvalue weighted by Crippen LogP contribution is 2.16. The number of hydrogen-bond acceptors (Lipinski definition) is 4. The summed E-state index contributed by atoms with van der Waals surface area (Å²) in [7, 11) is 1.69. The first-order valence-corrected chi connectivity index (χ1v) is 4.46. The molecule has 0 N–H and O–H groups in total. The average Bonchev–Trinajstić information content (AvgIpc) is 2.57. The lowest BCUT2D eigenvalue weighted by molar-refractivity contribution is 0.0522. The Morgan fingerprint density at radius 1 is 1.73 bits per heavy atom. The van der Waals surface area contributed by atoms with Crippen LogP contribution in [0, 0.1) is 12.3 Å². The van der Waals surface area contributed by atoms with E-state index in [1.165, 1.54) is 10.9 Å². The zero-order valence-corrected chi connectivity index (χ0v) is 8.69. The summed E-state index contributed by atoms with van der Waals surface area (Å²) in [5.74, 6) is 2.04. The number of aryl methyl sites for hydroxylation is 1. The van der Waals surface area contributed by atoms with E-state index >= 15 is 0 Å². The molecule has 1 aromatic rings. The minimum absolute atomic E-state index is 0.0728. The summed E-state index contributed by atoms with van der Waals surface area (Å²) in [6.07, 6.45) is 6.57. The molecule has 80 valence electrons. The maximum atomic E-state index is 11.4. The second-order valence-corrected chi connectivity index (χ2v) is 2.73. The second kappa shape index (κ2) is 5.05. The van der Waals surface area contributed by atoms with Crippen molar-refractivity contribution in [2.45, 2.75) is 6.92 Å². The number of terminal acetylenes is 1. The summed E-state index contributed by atoms with van der Waals surface area (Å²) in [5.41, 5.74) is 0.287. The van der Waals surface area contributed by atoms with Crippen LogP contribution in [0.3, 0.4) is 0 Å². The van der Waals surface area contributed by atoms with Crippen LogP contribution in [0.25, 0.3) is 0 Å². The Kier molecular flexibility index (Phi) is 3.75. The number of carbonyl (C=O) groups is 1. The number of ether oxygens (including phenoxy) is 2. The quantitative estimate of drug-likeness (QED) is 0.537.